The molecule has 0 aromatic heterocycles. The molecule has 8 nitrogen and oxygen atoms in total. The van der Waals surface area contributed by atoms with Gasteiger partial charge in [-0.2, -0.15) is 13.2 Å². The number of halogens is 4. The van der Waals surface area contributed by atoms with Crippen molar-refractivity contribution in [3.05, 3.63) is 57.1 Å². The average molecular weight is 465 g/mol. The van der Waals surface area contributed by atoms with Crippen molar-refractivity contribution >= 4 is 46.6 Å². The fourth-order valence-corrected chi connectivity index (χ4v) is 3.33. The zero-order valence-electron chi connectivity index (χ0n) is 14.9. The molecule has 0 saturated carbocycles. The first-order valence-corrected chi connectivity index (χ1v) is 9.03. The van der Waals surface area contributed by atoms with E-state index in [1.54, 1.807) is 5.32 Å². The van der Waals surface area contributed by atoms with Gasteiger partial charge in [-0.05, 0) is 43.3 Å². The Labute approximate surface area is 175 Å². The quantitative estimate of drug-likeness (QED) is 0.428. The SMILES string of the molecule is CC(O)(C(=O)Nc1ccc(Sc2ccc(C(=O)O)cc2)c([N+](=O)[O-])c1Cl)C(F)(F)F. The first kappa shape index (κ1) is 23.4. The van der Waals surface area contributed by atoms with E-state index in [1.165, 1.54) is 24.3 Å². The minimum atomic E-state index is -5.28. The van der Waals surface area contributed by atoms with Gasteiger partial charge in [0, 0.05) is 4.90 Å². The Balaban J connectivity index is 2.38. The van der Waals surface area contributed by atoms with Gasteiger partial charge in [0.2, 0.25) is 5.60 Å². The number of aliphatic hydroxyl groups is 1. The molecule has 1 amide bonds. The van der Waals surface area contributed by atoms with Crippen LogP contribution >= 0.6 is 23.4 Å². The molecule has 1 atom stereocenters. The second-order valence-electron chi connectivity index (χ2n) is 5.99. The number of hydrogen-bond donors (Lipinski definition) is 3. The van der Waals surface area contributed by atoms with E-state index in [0.29, 0.717) is 4.90 Å². The molecule has 2 aromatic rings. The number of carbonyl (C=O) groups is 2. The van der Waals surface area contributed by atoms with Crippen molar-refractivity contribution in [1.29, 1.82) is 0 Å². The molecule has 2 aromatic carbocycles. The Hall–Kier alpha value is -2.83. The van der Waals surface area contributed by atoms with Gasteiger partial charge >= 0.3 is 17.8 Å². The van der Waals surface area contributed by atoms with E-state index in [2.05, 4.69) is 0 Å². The number of carboxylic acid groups (broad SMARTS) is 1. The first-order chi connectivity index (χ1) is 13.8. The average Bonchev–Trinajstić information content (AvgIpc) is 2.63. The standard InChI is InChI=1S/C17H12ClF3N2O6S/c1-16(27,17(19,20)21)15(26)22-10-6-7-11(13(12(10)18)23(28)29)30-9-4-2-8(3-5-9)14(24)25/h2-7,27H,1H3,(H,22,26)(H,24,25). The maximum Gasteiger partial charge on any atom is 0.426 e. The summed E-state index contributed by atoms with van der Waals surface area (Å²) in [4.78, 5) is 33.7. The largest absolute Gasteiger partial charge is 0.478 e. The van der Waals surface area contributed by atoms with Crippen molar-refractivity contribution in [2.75, 3.05) is 5.32 Å². The van der Waals surface area contributed by atoms with Crippen LogP contribution in [0.3, 0.4) is 0 Å². The molecule has 30 heavy (non-hydrogen) atoms. The Morgan fingerprint density at radius 1 is 1.17 bits per heavy atom. The van der Waals surface area contributed by atoms with Crippen LogP contribution in [0.25, 0.3) is 0 Å². The minimum Gasteiger partial charge on any atom is -0.478 e. The number of amides is 1. The van der Waals surface area contributed by atoms with E-state index in [-0.39, 0.29) is 17.4 Å². The maximum absolute atomic E-state index is 12.8. The van der Waals surface area contributed by atoms with Crippen molar-refractivity contribution in [2.24, 2.45) is 0 Å². The Morgan fingerprint density at radius 3 is 2.20 bits per heavy atom. The molecule has 0 spiro atoms. The van der Waals surface area contributed by atoms with E-state index in [9.17, 15) is 38.0 Å². The van der Waals surface area contributed by atoms with E-state index in [4.69, 9.17) is 16.7 Å². The third-order valence-corrected chi connectivity index (χ3v) is 5.27. The summed E-state index contributed by atoms with van der Waals surface area (Å²) in [5.74, 6) is -3.02. The summed E-state index contributed by atoms with van der Waals surface area (Å²) in [5, 5.41) is 30.9. The van der Waals surface area contributed by atoms with Crippen molar-refractivity contribution in [1.82, 2.24) is 0 Å². The summed E-state index contributed by atoms with van der Waals surface area (Å²) in [6.07, 6.45) is -5.28. The van der Waals surface area contributed by atoms with Crippen LogP contribution in [0.15, 0.2) is 46.2 Å². The van der Waals surface area contributed by atoms with Gasteiger partial charge in [-0.3, -0.25) is 14.9 Å². The van der Waals surface area contributed by atoms with Crippen LogP contribution < -0.4 is 5.32 Å². The number of benzene rings is 2. The molecule has 3 N–H and O–H groups in total. The second kappa shape index (κ2) is 8.50. The maximum atomic E-state index is 12.8. The predicted molar refractivity (Wildman–Crippen MR) is 101 cm³/mol. The van der Waals surface area contributed by atoms with Gasteiger partial charge in [-0.15, -0.1) is 0 Å². The summed E-state index contributed by atoms with van der Waals surface area (Å²) < 4.78 is 38.4. The summed E-state index contributed by atoms with van der Waals surface area (Å²) in [7, 11) is 0. The van der Waals surface area contributed by atoms with Gasteiger partial charge in [0.25, 0.3) is 5.91 Å². The number of hydrogen-bond acceptors (Lipinski definition) is 6. The number of anilines is 1. The predicted octanol–water partition coefficient (Wildman–Crippen LogP) is 4.35. The zero-order valence-corrected chi connectivity index (χ0v) is 16.4. The van der Waals surface area contributed by atoms with E-state index < -0.39 is 45.0 Å². The van der Waals surface area contributed by atoms with Gasteiger partial charge < -0.3 is 15.5 Å². The number of alkyl halides is 3. The van der Waals surface area contributed by atoms with Crippen LogP contribution in [0.5, 0.6) is 0 Å². The Bertz CT molecular complexity index is 1010. The molecule has 0 aliphatic heterocycles. The van der Waals surface area contributed by atoms with Crippen LogP contribution in [0.4, 0.5) is 24.5 Å². The highest BCUT2D eigenvalue weighted by Gasteiger charge is 2.56. The zero-order chi connectivity index (χ0) is 22.9. The number of carbonyl (C=O) groups excluding carboxylic acids is 1. The minimum absolute atomic E-state index is 0.00154. The van der Waals surface area contributed by atoms with Crippen molar-refractivity contribution in [2.45, 2.75) is 28.5 Å². The highest BCUT2D eigenvalue weighted by Crippen LogP contribution is 2.43. The lowest BCUT2D eigenvalue weighted by Gasteiger charge is -2.25. The molecule has 2 rings (SSSR count). The van der Waals surface area contributed by atoms with Crippen LogP contribution in [0.1, 0.15) is 17.3 Å². The molecule has 0 saturated heterocycles. The summed E-state index contributed by atoms with van der Waals surface area (Å²) >= 11 is 6.79. The van der Waals surface area contributed by atoms with Crippen LogP contribution in [0, 0.1) is 10.1 Å². The lowest BCUT2D eigenvalue weighted by atomic mass is 10.1. The normalized spacial score (nSPS) is 13.4. The van der Waals surface area contributed by atoms with E-state index in [1.807, 2.05) is 0 Å². The number of nitro benzene ring substituents is 1. The summed E-state index contributed by atoms with van der Waals surface area (Å²) in [6.45, 7) is 0.232. The summed E-state index contributed by atoms with van der Waals surface area (Å²) in [5.41, 5.74) is -4.93. The van der Waals surface area contributed by atoms with Gasteiger partial charge in [-0.25, -0.2) is 4.79 Å². The highest BCUT2D eigenvalue weighted by molar-refractivity contribution is 7.99. The molecule has 160 valence electrons. The number of nitrogens with zero attached hydrogens (tertiary/aromatic N) is 1. The number of aromatic carboxylic acids is 1. The number of carboxylic acids is 1. The van der Waals surface area contributed by atoms with E-state index >= 15 is 0 Å². The van der Waals surface area contributed by atoms with Gasteiger partial charge in [-0.1, -0.05) is 23.4 Å². The molecule has 0 aliphatic carbocycles. The third-order valence-electron chi connectivity index (χ3n) is 3.83. The Morgan fingerprint density at radius 2 is 1.73 bits per heavy atom. The second-order valence-corrected chi connectivity index (χ2v) is 7.48. The van der Waals surface area contributed by atoms with Gasteiger partial charge in [0.05, 0.1) is 21.1 Å². The first-order valence-electron chi connectivity index (χ1n) is 7.84. The Kier molecular flexibility index (Phi) is 6.64. The van der Waals surface area contributed by atoms with Crippen LogP contribution in [-0.4, -0.2) is 38.8 Å². The van der Waals surface area contributed by atoms with Gasteiger partial charge in [0.15, 0.2) is 0 Å². The van der Waals surface area contributed by atoms with Crippen molar-refractivity contribution < 1.29 is 37.9 Å². The fraction of sp³-hybridized carbons (Fsp3) is 0.176. The highest BCUT2D eigenvalue weighted by atomic mass is 35.5. The lowest BCUT2D eigenvalue weighted by molar-refractivity contribution is -0.387. The molecule has 13 heteroatoms. The topological polar surface area (TPSA) is 130 Å². The van der Waals surface area contributed by atoms with Crippen molar-refractivity contribution in [3.63, 3.8) is 0 Å². The molecule has 0 fully saturated rings. The molecule has 0 aliphatic rings. The molecular weight excluding hydrogens is 453 g/mol. The number of rotatable bonds is 6. The molecule has 1 unspecified atom stereocenters. The van der Waals surface area contributed by atoms with E-state index in [0.717, 1.165) is 23.9 Å². The molecule has 0 bridgehead atoms. The van der Waals surface area contributed by atoms with Crippen molar-refractivity contribution in [3.8, 4) is 0 Å². The molecule has 0 heterocycles. The van der Waals surface area contributed by atoms with Gasteiger partial charge in [0.1, 0.15) is 5.02 Å². The number of nitrogens with one attached hydrogen (secondary N) is 1. The van der Waals surface area contributed by atoms with Crippen LogP contribution in [0.2, 0.25) is 5.02 Å². The number of nitro groups is 1. The summed E-state index contributed by atoms with van der Waals surface area (Å²) in [6, 6.07) is 7.58. The fourth-order valence-electron chi connectivity index (χ4n) is 2.06. The third kappa shape index (κ3) is 4.83. The molecular formula is C17H12ClF3N2O6S. The lowest BCUT2D eigenvalue weighted by Crippen LogP contribution is -2.52. The van der Waals surface area contributed by atoms with Crippen LogP contribution in [-0.2, 0) is 4.79 Å². The molecule has 0 radical (unpaired) electrons. The monoisotopic (exact) mass is 464 g/mol. The smallest absolute Gasteiger partial charge is 0.426 e.